The lowest BCUT2D eigenvalue weighted by atomic mass is 10.1. The molecule has 0 bridgehead atoms. The smallest absolute Gasteiger partial charge is 0.280 e. The van der Waals surface area contributed by atoms with Gasteiger partial charge >= 0.3 is 0 Å². The van der Waals surface area contributed by atoms with Gasteiger partial charge in [0, 0.05) is 36.6 Å². The Hall–Kier alpha value is -3.87. The Morgan fingerprint density at radius 2 is 1.95 bits per heavy atom. The van der Waals surface area contributed by atoms with Crippen LogP contribution in [0.25, 0.3) is 16.6 Å². The summed E-state index contributed by atoms with van der Waals surface area (Å²) in [6.45, 7) is 3.19. The molecule has 0 atom stereocenters. The molecule has 2 aromatic heterocycles. The fourth-order valence-electron chi connectivity index (χ4n) is 4.93. The first-order valence-electron chi connectivity index (χ1n) is 13.3. The summed E-state index contributed by atoms with van der Waals surface area (Å²) in [4.78, 5) is 31.2. The SMILES string of the molecule is CCCCc1c2c(=O)n(-c3ccc(OCC4=CC=CCC4)cc3)[nH]c2cc(=O)n1CCC1=CCCC=N1. The minimum Gasteiger partial charge on any atom is -0.489 e. The van der Waals surface area contributed by atoms with Crippen molar-refractivity contribution in [3.05, 3.63) is 92.3 Å². The van der Waals surface area contributed by atoms with Crippen molar-refractivity contribution in [1.29, 1.82) is 0 Å². The standard InChI is InChI=1S/C30H34N4O3/c1-2-3-12-27-29-26(20-28(35)33(27)19-17-23-11-7-8-18-31-23)32-34(30(29)36)24-13-15-25(16-14-24)37-21-22-9-5-4-6-10-22/h4-5,9,11,13-16,18,20,32H,2-3,6-8,10,12,17,19,21H2,1H3. The number of fused-ring (bicyclic) bond motifs is 1. The third-order valence-electron chi connectivity index (χ3n) is 6.98. The Labute approximate surface area is 216 Å². The molecule has 1 N–H and O–H groups in total. The molecule has 0 spiro atoms. The van der Waals surface area contributed by atoms with Gasteiger partial charge in [-0.25, -0.2) is 4.68 Å². The van der Waals surface area contributed by atoms with Gasteiger partial charge in [0.05, 0.1) is 16.6 Å². The highest BCUT2D eigenvalue weighted by atomic mass is 16.5. The number of rotatable bonds is 10. The highest BCUT2D eigenvalue weighted by Gasteiger charge is 2.18. The molecule has 0 saturated heterocycles. The molecule has 0 fully saturated rings. The van der Waals surface area contributed by atoms with Gasteiger partial charge in [-0.1, -0.05) is 37.6 Å². The maximum Gasteiger partial charge on any atom is 0.280 e. The van der Waals surface area contributed by atoms with E-state index in [0.29, 0.717) is 42.6 Å². The molecule has 0 amide bonds. The molecule has 192 valence electrons. The molecular formula is C30H34N4O3. The number of hydrogen-bond acceptors (Lipinski definition) is 4. The molecule has 0 saturated carbocycles. The molecular weight excluding hydrogens is 464 g/mol. The van der Waals surface area contributed by atoms with Gasteiger partial charge in [-0.15, -0.1) is 0 Å². The number of pyridine rings is 1. The van der Waals surface area contributed by atoms with Crippen LogP contribution in [0.1, 0.15) is 57.6 Å². The molecule has 3 heterocycles. The van der Waals surface area contributed by atoms with Gasteiger partial charge < -0.3 is 9.30 Å². The predicted octanol–water partition coefficient (Wildman–Crippen LogP) is 5.62. The van der Waals surface area contributed by atoms with Crippen LogP contribution in [0.15, 0.2) is 80.5 Å². The maximum atomic E-state index is 13.6. The normalized spacial score (nSPS) is 15.2. The molecule has 0 radical (unpaired) electrons. The molecule has 1 aliphatic carbocycles. The maximum absolute atomic E-state index is 13.6. The fraction of sp³-hybridized carbons (Fsp3) is 0.367. The molecule has 7 nitrogen and oxygen atoms in total. The fourth-order valence-corrected chi connectivity index (χ4v) is 4.93. The molecule has 7 heteroatoms. The number of aromatic nitrogens is 3. The topological polar surface area (TPSA) is 81.4 Å². The summed E-state index contributed by atoms with van der Waals surface area (Å²) in [7, 11) is 0. The highest BCUT2D eigenvalue weighted by molar-refractivity contribution is 5.81. The summed E-state index contributed by atoms with van der Waals surface area (Å²) in [5.74, 6) is 0.756. The van der Waals surface area contributed by atoms with Crippen LogP contribution in [0.3, 0.4) is 0 Å². The second kappa shape index (κ2) is 11.5. The molecule has 37 heavy (non-hydrogen) atoms. The molecule has 1 aliphatic heterocycles. The summed E-state index contributed by atoms with van der Waals surface area (Å²) in [6, 6.07) is 9.04. The quantitative estimate of drug-likeness (QED) is 0.394. The van der Waals surface area contributed by atoms with Crippen molar-refractivity contribution in [1.82, 2.24) is 14.3 Å². The zero-order valence-electron chi connectivity index (χ0n) is 21.4. The number of nitrogens with one attached hydrogen (secondary N) is 1. The van der Waals surface area contributed by atoms with Gasteiger partial charge in [0.25, 0.3) is 11.1 Å². The van der Waals surface area contributed by atoms with Crippen LogP contribution in [0.4, 0.5) is 0 Å². The Morgan fingerprint density at radius 3 is 2.68 bits per heavy atom. The average molecular weight is 499 g/mol. The molecule has 5 rings (SSSR count). The van der Waals surface area contributed by atoms with Crippen molar-refractivity contribution >= 4 is 17.1 Å². The van der Waals surface area contributed by atoms with Crippen molar-refractivity contribution < 1.29 is 4.74 Å². The minimum absolute atomic E-state index is 0.0944. The van der Waals surface area contributed by atoms with E-state index in [1.165, 1.54) is 10.3 Å². The number of nitrogens with zero attached hydrogens (tertiary/aromatic N) is 3. The molecule has 0 unspecified atom stereocenters. The number of benzene rings is 1. The predicted molar refractivity (Wildman–Crippen MR) is 149 cm³/mol. The summed E-state index contributed by atoms with van der Waals surface area (Å²) >= 11 is 0. The van der Waals surface area contributed by atoms with Crippen molar-refractivity contribution in [2.24, 2.45) is 4.99 Å². The number of unbranched alkanes of at least 4 members (excludes halogenated alkanes) is 1. The van der Waals surface area contributed by atoms with Crippen LogP contribution in [0, 0.1) is 0 Å². The first-order valence-corrected chi connectivity index (χ1v) is 13.3. The van der Waals surface area contributed by atoms with E-state index in [9.17, 15) is 9.59 Å². The van der Waals surface area contributed by atoms with E-state index >= 15 is 0 Å². The van der Waals surface area contributed by atoms with Crippen molar-refractivity contribution in [3.63, 3.8) is 0 Å². The zero-order chi connectivity index (χ0) is 25.6. The third-order valence-corrected chi connectivity index (χ3v) is 6.98. The zero-order valence-corrected chi connectivity index (χ0v) is 21.4. The van der Waals surface area contributed by atoms with E-state index in [-0.39, 0.29) is 11.1 Å². The van der Waals surface area contributed by atoms with E-state index in [4.69, 9.17) is 4.74 Å². The summed E-state index contributed by atoms with van der Waals surface area (Å²) in [6.07, 6.45) is 17.7. The molecule has 3 aromatic rings. The number of aromatic amines is 1. The number of aryl methyl sites for hydroxylation is 1. The van der Waals surface area contributed by atoms with Gasteiger partial charge in [0.1, 0.15) is 12.4 Å². The number of H-pyrrole nitrogens is 1. The van der Waals surface area contributed by atoms with Gasteiger partial charge in [0.2, 0.25) is 0 Å². The van der Waals surface area contributed by atoms with E-state index in [1.54, 1.807) is 10.6 Å². The van der Waals surface area contributed by atoms with Crippen LogP contribution in [-0.2, 0) is 13.0 Å². The van der Waals surface area contributed by atoms with Gasteiger partial charge in [0.15, 0.2) is 0 Å². The van der Waals surface area contributed by atoms with Crippen LogP contribution in [-0.4, -0.2) is 27.2 Å². The first kappa shape index (κ1) is 24.8. The monoisotopic (exact) mass is 498 g/mol. The lowest BCUT2D eigenvalue weighted by Gasteiger charge is -2.14. The second-order valence-electron chi connectivity index (χ2n) is 9.63. The average Bonchev–Trinajstić information content (AvgIpc) is 3.26. The minimum atomic E-state index is -0.141. The van der Waals surface area contributed by atoms with Crippen LogP contribution in [0.5, 0.6) is 5.75 Å². The van der Waals surface area contributed by atoms with E-state index in [0.717, 1.165) is 55.7 Å². The summed E-state index contributed by atoms with van der Waals surface area (Å²) in [5.41, 5.74) is 4.12. The Bertz CT molecular complexity index is 1500. The number of ether oxygens (including phenoxy) is 1. The largest absolute Gasteiger partial charge is 0.489 e. The lowest BCUT2D eigenvalue weighted by Crippen LogP contribution is -2.25. The summed E-state index contributed by atoms with van der Waals surface area (Å²) in [5, 5.41) is 3.76. The Kier molecular flexibility index (Phi) is 7.68. The third kappa shape index (κ3) is 5.61. The Morgan fingerprint density at radius 1 is 1.08 bits per heavy atom. The van der Waals surface area contributed by atoms with Gasteiger partial charge in [-0.2, -0.15) is 0 Å². The number of hydrogen-bond donors (Lipinski definition) is 1. The van der Waals surface area contributed by atoms with Crippen molar-refractivity contribution in [3.8, 4) is 11.4 Å². The van der Waals surface area contributed by atoms with Crippen molar-refractivity contribution in [2.45, 2.75) is 64.8 Å². The highest BCUT2D eigenvalue weighted by Crippen LogP contribution is 2.21. The lowest BCUT2D eigenvalue weighted by molar-refractivity contribution is 0.347. The van der Waals surface area contributed by atoms with Crippen molar-refractivity contribution in [2.75, 3.05) is 6.61 Å². The summed E-state index contributed by atoms with van der Waals surface area (Å²) < 4.78 is 9.23. The first-order chi connectivity index (χ1) is 18.1. The van der Waals surface area contributed by atoms with Crippen LogP contribution in [0.2, 0.25) is 0 Å². The number of allylic oxidation sites excluding steroid dienone is 5. The van der Waals surface area contributed by atoms with E-state index in [2.05, 4.69) is 41.3 Å². The number of aliphatic imine (C=N–C) groups is 1. The van der Waals surface area contributed by atoms with E-state index in [1.807, 2.05) is 30.5 Å². The van der Waals surface area contributed by atoms with E-state index < -0.39 is 0 Å². The second-order valence-corrected chi connectivity index (χ2v) is 9.63. The molecule has 2 aliphatic rings. The van der Waals surface area contributed by atoms with Crippen LogP contribution < -0.4 is 15.9 Å². The van der Waals surface area contributed by atoms with Gasteiger partial charge in [-0.05, 0) is 68.4 Å². The van der Waals surface area contributed by atoms with Gasteiger partial charge in [-0.3, -0.25) is 19.7 Å². The Balaban J connectivity index is 1.44. The molecule has 1 aromatic carbocycles. The van der Waals surface area contributed by atoms with Crippen LogP contribution >= 0.6 is 0 Å².